The van der Waals surface area contributed by atoms with E-state index in [1.807, 2.05) is 0 Å². The summed E-state index contributed by atoms with van der Waals surface area (Å²) in [6.45, 7) is 6.86. The molecular weight excluding hydrogens is 222 g/mol. The molecule has 106 valence electrons. The average Bonchev–Trinajstić information content (AvgIpc) is 2.39. The van der Waals surface area contributed by atoms with Crippen molar-refractivity contribution in [3.05, 3.63) is 0 Å². The first kappa shape index (κ1) is 14.3. The van der Waals surface area contributed by atoms with E-state index in [4.69, 9.17) is 4.74 Å². The Kier molecular flexibility index (Phi) is 5.97. The topological polar surface area (TPSA) is 21.3 Å². The normalized spacial score (nSPS) is 37.7. The summed E-state index contributed by atoms with van der Waals surface area (Å²) in [6.07, 6.45) is 11.2. The van der Waals surface area contributed by atoms with Crippen LogP contribution in [0.2, 0.25) is 0 Å². The smallest absolute Gasteiger partial charge is 0.0589 e. The molecule has 0 aromatic rings. The van der Waals surface area contributed by atoms with E-state index in [0.29, 0.717) is 6.10 Å². The van der Waals surface area contributed by atoms with E-state index in [0.717, 1.165) is 24.5 Å². The first-order valence-corrected chi connectivity index (χ1v) is 8.13. The first-order chi connectivity index (χ1) is 8.78. The molecule has 1 aliphatic carbocycles. The van der Waals surface area contributed by atoms with Gasteiger partial charge in [-0.05, 0) is 50.5 Å². The van der Waals surface area contributed by atoms with Gasteiger partial charge in [-0.1, -0.05) is 33.1 Å². The predicted molar refractivity (Wildman–Crippen MR) is 76.8 cm³/mol. The van der Waals surface area contributed by atoms with Crippen molar-refractivity contribution in [2.45, 2.75) is 77.4 Å². The molecule has 0 aromatic heterocycles. The molecule has 1 saturated carbocycles. The second-order valence-electron chi connectivity index (χ2n) is 6.54. The van der Waals surface area contributed by atoms with Gasteiger partial charge in [0.1, 0.15) is 0 Å². The molecule has 1 N–H and O–H groups in total. The second-order valence-corrected chi connectivity index (χ2v) is 6.54. The highest BCUT2D eigenvalue weighted by molar-refractivity contribution is 4.79. The van der Waals surface area contributed by atoms with Crippen molar-refractivity contribution in [2.75, 3.05) is 13.2 Å². The lowest BCUT2D eigenvalue weighted by atomic mass is 9.83. The van der Waals surface area contributed by atoms with E-state index < -0.39 is 0 Å². The summed E-state index contributed by atoms with van der Waals surface area (Å²) in [6, 6.07) is 0.717. The van der Waals surface area contributed by atoms with Crippen molar-refractivity contribution in [2.24, 2.45) is 11.8 Å². The molecule has 2 heteroatoms. The molecule has 2 fully saturated rings. The minimum atomic E-state index is 0.521. The van der Waals surface area contributed by atoms with Crippen molar-refractivity contribution in [3.63, 3.8) is 0 Å². The third kappa shape index (κ3) is 4.55. The van der Waals surface area contributed by atoms with E-state index in [2.05, 4.69) is 19.2 Å². The number of hydrogen-bond donors (Lipinski definition) is 1. The van der Waals surface area contributed by atoms with Gasteiger partial charge in [-0.3, -0.25) is 0 Å². The average molecular weight is 253 g/mol. The van der Waals surface area contributed by atoms with Gasteiger partial charge >= 0.3 is 0 Å². The van der Waals surface area contributed by atoms with Crippen LogP contribution in [0, 0.1) is 11.8 Å². The van der Waals surface area contributed by atoms with Crippen molar-refractivity contribution >= 4 is 0 Å². The van der Waals surface area contributed by atoms with Crippen LogP contribution >= 0.6 is 0 Å². The Bertz CT molecular complexity index is 221. The molecule has 2 unspecified atom stereocenters. The standard InChI is InChI=1S/C16H31NO/c1-3-4-16-11-15(9-10-18-16)17-12-14-7-5-13(2)6-8-14/h13-17H,3-12H2,1-2H3. The van der Waals surface area contributed by atoms with E-state index in [-0.39, 0.29) is 0 Å². The third-order valence-corrected chi connectivity index (χ3v) is 4.81. The quantitative estimate of drug-likeness (QED) is 0.805. The summed E-state index contributed by atoms with van der Waals surface area (Å²) in [7, 11) is 0. The molecule has 2 nitrogen and oxygen atoms in total. The zero-order valence-corrected chi connectivity index (χ0v) is 12.3. The second kappa shape index (κ2) is 7.49. The Morgan fingerprint density at radius 1 is 1.11 bits per heavy atom. The van der Waals surface area contributed by atoms with Gasteiger partial charge in [0.15, 0.2) is 0 Å². The molecule has 0 spiro atoms. The fourth-order valence-electron chi connectivity index (χ4n) is 3.46. The van der Waals surface area contributed by atoms with E-state index in [1.165, 1.54) is 57.9 Å². The molecule has 18 heavy (non-hydrogen) atoms. The summed E-state index contributed by atoms with van der Waals surface area (Å²) in [5, 5.41) is 3.81. The van der Waals surface area contributed by atoms with Crippen LogP contribution in [0.1, 0.15) is 65.2 Å². The van der Waals surface area contributed by atoms with Crippen molar-refractivity contribution in [1.82, 2.24) is 5.32 Å². The lowest BCUT2D eigenvalue weighted by molar-refractivity contribution is -0.00399. The minimum Gasteiger partial charge on any atom is -0.378 e. The molecule has 0 bridgehead atoms. The Morgan fingerprint density at radius 3 is 2.61 bits per heavy atom. The number of hydrogen-bond acceptors (Lipinski definition) is 2. The first-order valence-electron chi connectivity index (χ1n) is 8.13. The van der Waals surface area contributed by atoms with Crippen molar-refractivity contribution in [3.8, 4) is 0 Å². The maximum absolute atomic E-state index is 5.81. The molecule has 2 aliphatic rings. The molecule has 1 aliphatic heterocycles. The van der Waals surface area contributed by atoms with Crippen LogP contribution in [0.15, 0.2) is 0 Å². The van der Waals surface area contributed by atoms with Gasteiger partial charge in [-0.15, -0.1) is 0 Å². The lowest BCUT2D eigenvalue weighted by Crippen LogP contribution is -2.41. The van der Waals surface area contributed by atoms with Crippen LogP contribution in [-0.2, 0) is 4.74 Å². The van der Waals surface area contributed by atoms with E-state index >= 15 is 0 Å². The predicted octanol–water partition coefficient (Wildman–Crippen LogP) is 3.75. The Morgan fingerprint density at radius 2 is 1.89 bits per heavy atom. The van der Waals surface area contributed by atoms with Crippen molar-refractivity contribution < 1.29 is 4.74 Å². The molecule has 2 atom stereocenters. The maximum atomic E-state index is 5.81. The summed E-state index contributed by atoms with van der Waals surface area (Å²) < 4.78 is 5.81. The molecule has 2 rings (SSSR count). The highest BCUT2D eigenvalue weighted by Gasteiger charge is 2.23. The van der Waals surface area contributed by atoms with Gasteiger partial charge in [0.2, 0.25) is 0 Å². The van der Waals surface area contributed by atoms with Gasteiger partial charge in [-0.25, -0.2) is 0 Å². The summed E-state index contributed by atoms with van der Waals surface area (Å²) >= 11 is 0. The van der Waals surface area contributed by atoms with E-state index in [1.54, 1.807) is 0 Å². The fraction of sp³-hybridized carbons (Fsp3) is 1.00. The summed E-state index contributed by atoms with van der Waals surface area (Å²) in [5.74, 6) is 1.91. The number of rotatable bonds is 5. The highest BCUT2D eigenvalue weighted by Crippen LogP contribution is 2.28. The van der Waals surface area contributed by atoms with Gasteiger partial charge in [0.05, 0.1) is 6.10 Å². The zero-order valence-electron chi connectivity index (χ0n) is 12.3. The number of ether oxygens (including phenoxy) is 1. The third-order valence-electron chi connectivity index (χ3n) is 4.81. The summed E-state index contributed by atoms with van der Waals surface area (Å²) in [5.41, 5.74) is 0. The Balaban J connectivity index is 1.63. The molecule has 0 amide bonds. The molecule has 1 saturated heterocycles. The molecule has 1 heterocycles. The van der Waals surface area contributed by atoms with Crippen LogP contribution in [0.4, 0.5) is 0 Å². The van der Waals surface area contributed by atoms with Crippen LogP contribution < -0.4 is 5.32 Å². The lowest BCUT2D eigenvalue weighted by Gasteiger charge is -2.32. The molecule has 0 radical (unpaired) electrons. The highest BCUT2D eigenvalue weighted by atomic mass is 16.5. The van der Waals surface area contributed by atoms with Crippen molar-refractivity contribution in [1.29, 1.82) is 0 Å². The zero-order chi connectivity index (χ0) is 12.8. The number of nitrogens with one attached hydrogen (secondary N) is 1. The van der Waals surface area contributed by atoms with Gasteiger partial charge in [-0.2, -0.15) is 0 Å². The van der Waals surface area contributed by atoms with Crippen LogP contribution in [-0.4, -0.2) is 25.3 Å². The minimum absolute atomic E-state index is 0.521. The van der Waals surface area contributed by atoms with Gasteiger partial charge in [0, 0.05) is 12.6 Å². The largest absolute Gasteiger partial charge is 0.378 e. The van der Waals surface area contributed by atoms with Gasteiger partial charge in [0.25, 0.3) is 0 Å². The van der Waals surface area contributed by atoms with E-state index in [9.17, 15) is 0 Å². The Labute approximate surface area is 113 Å². The van der Waals surface area contributed by atoms with Crippen LogP contribution in [0.3, 0.4) is 0 Å². The van der Waals surface area contributed by atoms with Crippen LogP contribution in [0.5, 0.6) is 0 Å². The molecular formula is C16H31NO. The molecule has 0 aromatic carbocycles. The summed E-state index contributed by atoms with van der Waals surface area (Å²) in [4.78, 5) is 0. The SMILES string of the molecule is CCCC1CC(NCC2CCC(C)CC2)CCO1. The van der Waals surface area contributed by atoms with Crippen LogP contribution in [0.25, 0.3) is 0 Å². The monoisotopic (exact) mass is 253 g/mol. The van der Waals surface area contributed by atoms with Gasteiger partial charge < -0.3 is 10.1 Å². The maximum Gasteiger partial charge on any atom is 0.0589 e. The fourth-order valence-corrected chi connectivity index (χ4v) is 3.46. The Hall–Kier alpha value is -0.0800.